The number of nitrogens with one attached hydrogen (secondary N) is 2. The van der Waals surface area contributed by atoms with E-state index in [0.29, 0.717) is 35.0 Å². The van der Waals surface area contributed by atoms with Crippen LogP contribution in [0.25, 0.3) is 16.8 Å². The average molecular weight is 439 g/mol. The van der Waals surface area contributed by atoms with E-state index < -0.39 is 0 Å². The van der Waals surface area contributed by atoms with E-state index >= 15 is 0 Å². The number of hydrogen-bond acceptors (Lipinski definition) is 5. The minimum atomic E-state index is -0.0782. The lowest BCUT2D eigenvalue weighted by molar-refractivity contribution is 0.0949. The Morgan fingerprint density at radius 1 is 1.06 bits per heavy atom. The normalized spacial score (nSPS) is 11.2. The first-order valence-corrected chi connectivity index (χ1v) is 10.8. The number of hydrogen-bond donors (Lipinski definition) is 2. The van der Waals surface area contributed by atoms with Crippen LogP contribution in [-0.2, 0) is 0 Å². The molecular formula is C26H26N6O. The fraction of sp³-hybridized carbons (Fsp3) is 0.231. The molecule has 2 aromatic carbocycles. The number of anilines is 2. The van der Waals surface area contributed by atoms with Crippen molar-refractivity contribution in [2.75, 3.05) is 11.9 Å². The lowest BCUT2D eigenvalue weighted by Gasteiger charge is -2.18. The van der Waals surface area contributed by atoms with E-state index in [2.05, 4.69) is 47.6 Å². The lowest BCUT2D eigenvalue weighted by Crippen LogP contribution is -2.27. The summed E-state index contributed by atoms with van der Waals surface area (Å²) in [6.07, 6.45) is 2.79. The first-order chi connectivity index (χ1) is 15.8. The Hall–Kier alpha value is -4.18. The number of pyridine rings is 1. The van der Waals surface area contributed by atoms with E-state index in [-0.39, 0.29) is 11.3 Å². The molecule has 0 fully saturated rings. The molecule has 7 nitrogen and oxygen atoms in total. The second kappa shape index (κ2) is 9.13. The monoisotopic (exact) mass is 438 g/mol. The summed E-state index contributed by atoms with van der Waals surface area (Å²) < 4.78 is 1.68. The van der Waals surface area contributed by atoms with Gasteiger partial charge in [-0.2, -0.15) is 10.2 Å². The van der Waals surface area contributed by atoms with Crippen LogP contribution in [0.4, 0.5) is 11.6 Å². The summed E-state index contributed by atoms with van der Waals surface area (Å²) in [6.45, 7) is 7.11. The maximum atomic E-state index is 12.6. The number of nitriles is 1. The summed E-state index contributed by atoms with van der Waals surface area (Å²) >= 11 is 0. The van der Waals surface area contributed by atoms with Crippen molar-refractivity contribution in [1.82, 2.24) is 19.9 Å². The molecule has 1 amide bonds. The van der Waals surface area contributed by atoms with Gasteiger partial charge in [-0.1, -0.05) is 45.0 Å². The van der Waals surface area contributed by atoms with Gasteiger partial charge in [0.1, 0.15) is 6.07 Å². The van der Waals surface area contributed by atoms with Crippen molar-refractivity contribution in [3.8, 4) is 17.2 Å². The number of benzene rings is 2. The van der Waals surface area contributed by atoms with Gasteiger partial charge in [-0.05, 0) is 53.8 Å². The van der Waals surface area contributed by atoms with Crippen molar-refractivity contribution in [3.05, 3.63) is 78.0 Å². The zero-order valence-electron chi connectivity index (χ0n) is 19.0. The molecular weight excluding hydrogens is 412 g/mol. The third kappa shape index (κ3) is 5.36. The topological polar surface area (TPSA) is 95.1 Å². The Labute approximate surface area is 193 Å². The number of nitrogens with zero attached hydrogens (tertiary/aromatic N) is 4. The minimum absolute atomic E-state index is 0.0782. The molecule has 166 valence electrons. The van der Waals surface area contributed by atoms with Crippen LogP contribution in [0.5, 0.6) is 0 Å². The van der Waals surface area contributed by atoms with Crippen molar-refractivity contribution in [3.63, 3.8) is 0 Å². The van der Waals surface area contributed by atoms with Gasteiger partial charge in [0.15, 0.2) is 5.65 Å². The molecule has 0 unspecified atom stereocenters. The Kier molecular flexibility index (Phi) is 6.09. The SMILES string of the molecule is CC(C)(C)CCNC(=O)c1cccc(-c2ccc3nc(Nc4ccccc4C#N)nn3c2)c1. The third-order valence-corrected chi connectivity index (χ3v) is 5.24. The summed E-state index contributed by atoms with van der Waals surface area (Å²) in [5.74, 6) is 0.326. The second-order valence-corrected chi connectivity index (χ2v) is 9.09. The highest BCUT2D eigenvalue weighted by molar-refractivity contribution is 5.95. The molecule has 2 heterocycles. The summed E-state index contributed by atoms with van der Waals surface area (Å²) in [5, 5.41) is 19.9. The lowest BCUT2D eigenvalue weighted by atomic mass is 9.92. The molecule has 0 saturated heterocycles. The minimum Gasteiger partial charge on any atom is -0.352 e. The first kappa shape index (κ1) is 22.0. The zero-order valence-corrected chi connectivity index (χ0v) is 19.0. The van der Waals surface area contributed by atoms with E-state index in [0.717, 1.165) is 17.5 Å². The Morgan fingerprint density at radius 2 is 1.88 bits per heavy atom. The van der Waals surface area contributed by atoms with E-state index in [1.165, 1.54) is 0 Å². The predicted octanol–water partition coefficient (Wildman–Crippen LogP) is 5.18. The van der Waals surface area contributed by atoms with Gasteiger partial charge < -0.3 is 10.6 Å². The largest absolute Gasteiger partial charge is 0.352 e. The highest BCUT2D eigenvalue weighted by Crippen LogP contribution is 2.23. The quantitative estimate of drug-likeness (QED) is 0.433. The van der Waals surface area contributed by atoms with Crippen LogP contribution in [0, 0.1) is 16.7 Å². The molecule has 0 spiro atoms. The smallest absolute Gasteiger partial charge is 0.251 e. The van der Waals surface area contributed by atoms with Crippen molar-refractivity contribution in [2.45, 2.75) is 27.2 Å². The molecule has 0 bridgehead atoms. The summed E-state index contributed by atoms with van der Waals surface area (Å²) in [6, 6.07) is 20.7. The molecule has 0 saturated carbocycles. The number of para-hydroxylation sites is 1. The molecule has 4 rings (SSSR count). The summed E-state index contributed by atoms with van der Waals surface area (Å²) in [5.41, 5.74) is 4.48. The summed E-state index contributed by atoms with van der Waals surface area (Å²) in [7, 11) is 0. The molecule has 0 atom stereocenters. The number of fused-ring (bicyclic) bond motifs is 1. The van der Waals surface area contributed by atoms with Gasteiger partial charge in [0.05, 0.1) is 11.3 Å². The third-order valence-electron chi connectivity index (χ3n) is 5.24. The molecule has 33 heavy (non-hydrogen) atoms. The maximum absolute atomic E-state index is 12.6. The van der Waals surface area contributed by atoms with Gasteiger partial charge in [-0.25, -0.2) is 4.52 Å². The van der Waals surface area contributed by atoms with Crippen molar-refractivity contribution in [2.24, 2.45) is 5.41 Å². The molecule has 0 radical (unpaired) electrons. The Morgan fingerprint density at radius 3 is 2.67 bits per heavy atom. The van der Waals surface area contributed by atoms with Crippen LogP contribution in [-0.4, -0.2) is 27.0 Å². The fourth-order valence-electron chi connectivity index (χ4n) is 3.41. The van der Waals surface area contributed by atoms with Crippen LogP contribution in [0.15, 0.2) is 66.9 Å². The van der Waals surface area contributed by atoms with Crippen molar-refractivity contribution >= 4 is 23.2 Å². The molecule has 2 aromatic heterocycles. The Balaban J connectivity index is 1.54. The molecule has 0 aliphatic carbocycles. The van der Waals surface area contributed by atoms with E-state index in [9.17, 15) is 10.1 Å². The standard InChI is InChI=1S/C26H26N6O/c1-26(2,3)13-14-28-24(33)19-9-6-8-18(15-19)21-11-12-23-30-25(31-32(23)17-21)29-22-10-5-4-7-20(22)16-27/h4-12,15,17H,13-14H2,1-3H3,(H,28,33)(H,29,31). The average Bonchev–Trinajstić information content (AvgIpc) is 3.20. The van der Waals surface area contributed by atoms with E-state index in [4.69, 9.17) is 0 Å². The van der Waals surface area contributed by atoms with Crippen LogP contribution >= 0.6 is 0 Å². The number of carbonyl (C=O) groups excluding carboxylic acids is 1. The first-order valence-electron chi connectivity index (χ1n) is 10.8. The number of carbonyl (C=O) groups is 1. The van der Waals surface area contributed by atoms with Gasteiger partial charge >= 0.3 is 0 Å². The Bertz CT molecular complexity index is 1340. The molecule has 4 aromatic rings. The van der Waals surface area contributed by atoms with Crippen molar-refractivity contribution in [1.29, 1.82) is 5.26 Å². The summed E-state index contributed by atoms with van der Waals surface area (Å²) in [4.78, 5) is 17.1. The molecule has 7 heteroatoms. The second-order valence-electron chi connectivity index (χ2n) is 9.09. The highest BCUT2D eigenvalue weighted by atomic mass is 16.1. The predicted molar refractivity (Wildman–Crippen MR) is 129 cm³/mol. The van der Waals surface area contributed by atoms with Gasteiger partial charge in [-0.15, -0.1) is 5.10 Å². The van der Waals surface area contributed by atoms with Crippen molar-refractivity contribution < 1.29 is 4.79 Å². The van der Waals surface area contributed by atoms with Crippen LogP contribution in [0.1, 0.15) is 43.1 Å². The molecule has 0 aliphatic rings. The zero-order chi connectivity index (χ0) is 23.4. The number of aromatic nitrogens is 3. The fourth-order valence-corrected chi connectivity index (χ4v) is 3.41. The molecule has 2 N–H and O–H groups in total. The van der Waals surface area contributed by atoms with Crippen LogP contribution < -0.4 is 10.6 Å². The number of rotatable bonds is 6. The van der Waals surface area contributed by atoms with E-state index in [1.807, 2.05) is 60.8 Å². The van der Waals surface area contributed by atoms with Gasteiger partial charge in [-0.3, -0.25) is 4.79 Å². The van der Waals surface area contributed by atoms with Gasteiger partial charge in [0.25, 0.3) is 5.91 Å². The van der Waals surface area contributed by atoms with Crippen LogP contribution in [0.3, 0.4) is 0 Å². The maximum Gasteiger partial charge on any atom is 0.251 e. The van der Waals surface area contributed by atoms with Crippen LogP contribution in [0.2, 0.25) is 0 Å². The van der Waals surface area contributed by atoms with E-state index in [1.54, 1.807) is 10.6 Å². The number of amides is 1. The van der Waals surface area contributed by atoms with Gasteiger partial charge in [0, 0.05) is 23.9 Å². The highest BCUT2D eigenvalue weighted by Gasteiger charge is 2.13. The van der Waals surface area contributed by atoms with Gasteiger partial charge in [0.2, 0.25) is 5.95 Å². The molecule has 0 aliphatic heterocycles.